The summed E-state index contributed by atoms with van der Waals surface area (Å²) in [6.07, 6.45) is -2.37. The van der Waals surface area contributed by atoms with Crippen LogP contribution in [0.4, 0.5) is 19.0 Å². The van der Waals surface area contributed by atoms with Crippen LogP contribution in [0.15, 0.2) is 24.4 Å². The molecule has 0 spiro atoms. The smallest absolute Gasteiger partial charge is 0.364 e. The largest absolute Gasteiger partial charge is 0.419 e. The van der Waals surface area contributed by atoms with Gasteiger partial charge in [-0.2, -0.15) is 18.3 Å². The van der Waals surface area contributed by atoms with Gasteiger partial charge in [-0.15, -0.1) is 0 Å². The monoisotopic (exact) mass is 353 g/mol. The van der Waals surface area contributed by atoms with Crippen molar-refractivity contribution in [2.24, 2.45) is 0 Å². The van der Waals surface area contributed by atoms with Crippen molar-refractivity contribution in [3.05, 3.63) is 41.3 Å². The van der Waals surface area contributed by atoms with Crippen LogP contribution in [0.1, 0.15) is 30.3 Å². The van der Waals surface area contributed by atoms with Crippen molar-refractivity contribution in [2.75, 3.05) is 11.9 Å². The number of anilines is 1. The van der Waals surface area contributed by atoms with Crippen LogP contribution in [0.25, 0.3) is 0 Å². The van der Waals surface area contributed by atoms with Gasteiger partial charge < -0.3 is 10.2 Å². The van der Waals surface area contributed by atoms with Gasteiger partial charge in [-0.05, 0) is 24.6 Å². The first-order chi connectivity index (χ1) is 11.8. The summed E-state index contributed by atoms with van der Waals surface area (Å²) in [4.78, 5) is 17.1. The highest BCUT2D eigenvalue weighted by Crippen LogP contribution is 2.33. The molecule has 1 aliphatic rings. The minimum atomic E-state index is -4.47. The van der Waals surface area contributed by atoms with Gasteiger partial charge >= 0.3 is 6.18 Å². The summed E-state index contributed by atoms with van der Waals surface area (Å²) in [7, 11) is 0. The second kappa shape index (κ2) is 6.73. The summed E-state index contributed by atoms with van der Waals surface area (Å²) in [5.74, 6) is -0.221. The average molecular weight is 353 g/mol. The zero-order valence-corrected chi connectivity index (χ0v) is 13.7. The van der Waals surface area contributed by atoms with E-state index in [1.807, 2.05) is 10.7 Å². The third-order valence-corrected chi connectivity index (χ3v) is 4.06. The summed E-state index contributed by atoms with van der Waals surface area (Å²) in [5.41, 5.74) is 0.680. The number of carbonyl (C=O) groups is 1. The number of aromatic nitrogens is 3. The second-order valence-electron chi connectivity index (χ2n) is 5.90. The summed E-state index contributed by atoms with van der Waals surface area (Å²) < 4.78 is 40.8. The molecule has 0 aromatic carbocycles. The van der Waals surface area contributed by atoms with E-state index in [-0.39, 0.29) is 18.3 Å². The number of halogens is 3. The van der Waals surface area contributed by atoms with E-state index >= 15 is 0 Å². The molecule has 0 atom stereocenters. The molecule has 3 heterocycles. The van der Waals surface area contributed by atoms with E-state index in [0.29, 0.717) is 25.3 Å². The molecule has 0 radical (unpaired) electrons. The SMILES string of the molecule is CC(=O)N1CCCn2nc(CNc3ncccc3C(F)(F)F)cc2C1. The quantitative estimate of drug-likeness (QED) is 0.922. The highest BCUT2D eigenvalue weighted by Gasteiger charge is 2.34. The van der Waals surface area contributed by atoms with Crippen LogP contribution in [0.3, 0.4) is 0 Å². The van der Waals surface area contributed by atoms with Crippen molar-refractivity contribution >= 4 is 11.7 Å². The van der Waals surface area contributed by atoms with Crippen LogP contribution in [0.2, 0.25) is 0 Å². The van der Waals surface area contributed by atoms with Gasteiger partial charge in [0.25, 0.3) is 0 Å². The number of fused-ring (bicyclic) bond motifs is 1. The summed E-state index contributed by atoms with van der Waals surface area (Å²) in [5, 5.41) is 7.13. The molecule has 1 aliphatic heterocycles. The molecule has 0 aliphatic carbocycles. The van der Waals surface area contributed by atoms with Crippen LogP contribution in [0, 0.1) is 0 Å². The topological polar surface area (TPSA) is 63.1 Å². The van der Waals surface area contributed by atoms with E-state index in [4.69, 9.17) is 0 Å². The number of pyridine rings is 1. The molecule has 2 aromatic heterocycles. The Balaban J connectivity index is 1.74. The Morgan fingerprint density at radius 2 is 2.16 bits per heavy atom. The van der Waals surface area contributed by atoms with Gasteiger partial charge in [0, 0.05) is 26.2 Å². The van der Waals surface area contributed by atoms with Crippen LogP contribution in [-0.2, 0) is 30.6 Å². The number of amides is 1. The van der Waals surface area contributed by atoms with Gasteiger partial charge in [0.2, 0.25) is 5.91 Å². The predicted octanol–water partition coefficient (Wildman–Crippen LogP) is 2.66. The van der Waals surface area contributed by atoms with E-state index in [2.05, 4.69) is 15.4 Å². The highest BCUT2D eigenvalue weighted by atomic mass is 19.4. The van der Waals surface area contributed by atoms with E-state index in [1.54, 1.807) is 4.90 Å². The van der Waals surface area contributed by atoms with Crippen LogP contribution in [-0.4, -0.2) is 32.1 Å². The van der Waals surface area contributed by atoms with E-state index in [9.17, 15) is 18.0 Å². The van der Waals surface area contributed by atoms with E-state index in [1.165, 1.54) is 19.2 Å². The fourth-order valence-corrected chi connectivity index (χ4v) is 2.83. The van der Waals surface area contributed by atoms with E-state index in [0.717, 1.165) is 18.2 Å². The number of rotatable bonds is 3. The normalized spacial score (nSPS) is 14.8. The fourth-order valence-electron chi connectivity index (χ4n) is 2.83. The van der Waals surface area contributed by atoms with Crippen LogP contribution >= 0.6 is 0 Å². The van der Waals surface area contributed by atoms with Gasteiger partial charge in [-0.25, -0.2) is 4.98 Å². The zero-order chi connectivity index (χ0) is 18.0. The Labute approximate surface area is 142 Å². The molecule has 0 bridgehead atoms. The molecule has 0 fully saturated rings. The molecule has 0 unspecified atom stereocenters. The Bertz CT molecular complexity index is 771. The fraction of sp³-hybridized carbons (Fsp3) is 0.438. The molecule has 3 rings (SSSR count). The molecular formula is C16H18F3N5O. The van der Waals surface area contributed by atoms with Gasteiger partial charge in [0.05, 0.1) is 30.0 Å². The molecule has 2 aromatic rings. The molecule has 6 nitrogen and oxygen atoms in total. The standard InChI is InChI=1S/C16H18F3N5O/c1-11(25)23-6-3-7-24-13(10-23)8-12(22-24)9-21-15-14(16(17,18)19)4-2-5-20-15/h2,4-5,8H,3,6-7,9-10H2,1H3,(H,20,21). The lowest BCUT2D eigenvalue weighted by Crippen LogP contribution is -2.28. The molecule has 0 saturated carbocycles. The summed E-state index contributed by atoms with van der Waals surface area (Å²) >= 11 is 0. The first kappa shape index (κ1) is 17.2. The van der Waals surface area contributed by atoms with E-state index < -0.39 is 11.7 Å². The first-order valence-electron chi connectivity index (χ1n) is 7.92. The minimum absolute atomic E-state index is 0.00219. The molecular weight excluding hydrogens is 335 g/mol. The zero-order valence-electron chi connectivity index (χ0n) is 13.7. The summed E-state index contributed by atoms with van der Waals surface area (Å²) in [6, 6.07) is 4.05. The Morgan fingerprint density at radius 1 is 1.36 bits per heavy atom. The van der Waals surface area contributed by atoms with Gasteiger partial charge in [0.1, 0.15) is 5.82 Å². The number of hydrogen-bond donors (Lipinski definition) is 1. The lowest BCUT2D eigenvalue weighted by Gasteiger charge is -2.17. The van der Waals surface area contributed by atoms with Crippen molar-refractivity contribution < 1.29 is 18.0 Å². The van der Waals surface area contributed by atoms with Crippen molar-refractivity contribution in [3.63, 3.8) is 0 Å². The minimum Gasteiger partial charge on any atom is -0.364 e. The first-order valence-corrected chi connectivity index (χ1v) is 7.92. The number of nitrogens with zero attached hydrogens (tertiary/aromatic N) is 4. The van der Waals surface area contributed by atoms with Gasteiger partial charge in [-0.3, -0.25) is 9.48 Å². The van der Waals surface area contributed by atoms with Crippen LogP contribution < -0.4 is 5.32 Å². The maximum absolute atomic E-state index is 13.0. The Morgan fingerprint density at radius 3 is 2.88 bits per heavy atom. The Hall–Kier alpha value is -2.58. The van der Waals surface area contributed by atoms with Gasteiger partial charge in [-0.1, -0.05) is 0 Å². The third kappa shape index (κ3) is 3.92. The number of alkyl halides is 3. The predicted molar refractivity (Wildman–Crippen MR) is 84.5 cm³/mol. The third-order valence-electron chi connectivity index (χ3n) is 4.06. The van der Waals surface area contributed by atoms with Crippen molar-refractivity contribution in [2.45, 2.75) is 39.2 Å². The maximum Gasteiger partial charge on any atom is 0.419 e. The number of carbonyl (C=O) groups excluding carboxylic acids is 1. The number of aryl methyl sites for hydroxylation is 1. The van der Waals surface area contributed by atoms with Crippen molar-refractivity contribution in [1.29, 1.82) is 0 Å². The lowest BCUT2D eigenvalue weighted by atomic mass is 10.2. The molecule has 1 N–H and O–H groups in total. The Kier molecular flexibility index (Phi) is 4.65. The maximum atomic E-state index is 13.0. The summed E-state index contributed by atoms with van der Waals surface area (Å²) in [6.45, 7) is 3.46. The molecule has 1 amide bonds. The lowest BCUT2D eigenvalue weighted by molar-refractivity contribution is -0.137. The average Bonchev–Trinajstić information content (AvgIpc) is 2.82. The molecule has 25 heavy (non-hydrogen) atoms. The second-order valence-corrected chi connectivity index (χ2v) is 5.90. The van der Waals surface area contributed by atoms with Crippen LogP contribution in [0.5, 0.6) is 0 Å². The van der Waals surface area contributed by atoms with Crippen molar-refractivity contribution in [3.8, 4) is 0 Å². The van der Waals surface area contributed by atoms with Crippen molar-refractivity contribution in [1.82, 2.24) is 19.7 Å². The van der Waals surface area contributed by atoms with Gasteiger partial charge in [0.15, 0.2) is 0 Å². The number of hydrogen-bond acceptors (Lipinski definition) is 4. The molecule has 0 saturated heterocycles. The molecule has 9 heteroatoms. The highest BCUT2D eigenvalue weighted by molar-refractivity contribution is 5.73. The number of nitrogens with one attached hydrogen (secondary N) is 1. The molecule has 134 valence electrons.